The minimum Gasteiger partial charge on any atom is -0.507 e. The Morgan fingerprint density at radius 2 is 1.27 bits per heavy atom. The standard InChI is InChI=1S/C29H16N2O16S4/c1-31-24-19(51(41,42)43)9-17-20(28(34)14-6-10(48-46-44-36)2-4-12(14)27(17)33)23(24)30-22-18(49-47-45-37)8-16-21(25(22)31)29(35)15-7-11(50(38,39)40)3-5-13(15)26(16)32/h2-9H,1H3,(H5,30,32,34,36,37,38,39,40,41,42,43)/p+1. The minimum atomic E-state index is -5.20. The van der Waals surface area contributed by atoms with Gasteiger partial charge in [-0.05, 0) is 48.5 Å². The number of nitrogens with zero attached hydrogens (tertiary/aromatic N) is 2. The lowest BCUT2D eigenvalue weighted by Gasteiger charge is -2.20. The zero-order valence-electron chi connectivity index (χ0n) is 24.9. The van der Waals surface area contributed by atoms with E-state index in [1.807, 2.05) is 0 Å². The molecule has 0 spiro atoms. The Labute approximate surface area is 292 Å². The van der Waals surface area contributed by atoms with E-state index in [9.17, 15) is 45.7 Å². The zero-order valence-corrected chi connectivity index (χ0v) is 28.2. The Balaban J connectivity index is 1.66. The van der Waals surface area contributed by atoms with E-state index in [-0.39, 0.29) is 64.6 Å². The van der Waals surface area contributed by atoms with E-state index in [2.05, 4.69) is 23.7 Å². The van der Waals surface area contributed by atoms with Crippen LogP contribution < -0.4 is 15.0 Å². The second kappa shape index (κ2) is 12.3. The number of rotatable bonds is 8. The first kappa shape index (κ1) is 34.9. The number of aryl methyl sites for hydroxylation is 1. The van der Waals surface area contributed by atoms with Crippen LogP contribution in [0, 0.1) is 0 Å². The molecule has 0 bridgehead atoms. The molecule has 5 aromatic rings. The molecule has 51 heavy (non-hydrogen) atoms. The van der Waals surface area contributed by atoms with Gasteiger partial charge in [-0.2, -0.15) is 21.4 Å². The van der Waals surface area contributed by atoms with Crippen molar-refractivity contribution in [3.05, 3.63) is 92.3 Å². The number of hydrogen-bond donors (Lipinski definition) is 6. The molecule has 22 heteroatoms. The molecule has 0 aliphatic heterocycles. The van der Waals surface area contributed by atoms with Crippen LogP contribution in [-0.2, 0) is 46.0 Å². The summed E-state index contributed by atoms with van der Waals surface area (Å²) in [4.78, 5) is 31.5. The summed E-state index contributed by atoms with van der Waals surface area (Å²) in [5, 5.41) is 47.0. The van der Waals surface area contributed by atoms with Gasteiger partial charge >= 0.3 is 10.1 Å². The van der Waals surface area contributed by atoms with Crippen LogP contribution in [0.1, 0.15) is 43.0 Å². The van der Waals surface area contributed by atoms with Gasteiger partial charge in [0, 0.05) is 37.6 Å². The van der Waals surface area contributed by atoms with E-state index in [0.29, 0.717) is 24.1 Å². The van der Waals surface area contributed by atoms with Gasteiger partial charge < -0.3 is 10.2 Å². The quantitative estimate of drug-likeness (QED) is 0.0328. The highest BCUT2D eigenvalue weighted by Crippen LogP contribution is 2.36. The van der Waals surface area contributed by atoms with Gasteiger partial charge in [0.15, 0.2) is 16.2 Å². The molecule has 1 heterocycles. The van der Waals surface area contributed by atoms with Crippen LogP contribution in [0.4, 0.5) is 0 Å². The van der Waals surface area contributed by atoms with Gasteiger partial charge in [-0.3, -0.25) is 18.7 Å². The van der Waals surface area contributed by atoms with Crippen molar-refractivity contribution in [1.29, 1.82) is 0 Å². The van der Waals surface area contributed by atoms with Crippen LogP contribution in [0.15, 0.2) is 68.1 Å². The van der Waals surface area contributed by atoms with Crippen molar-refractivity contribution in [3.63, 3.8) is 0 Å². The molecule has 0 saturated carbocycles. The summed E-state index contributed by atoms with van der Waals surface area (Å²) in [7, 11) is -8.77. The van der Waals surface area contributed by atoms with E-state index in [1.165, 1.54) is 31.3 Å². The summed E-state index contributed by atoms with van der Waals surface area (Å²) in [6.07, 6.45) is 0. The number of aromatic nitrogens is 2. The molecule has 7 rings (SSSR count). The van der Waals surface area contributed by atoms with Crippen LogP contribution in [0.2, 0.25) is 0 Å². The van der Waals surface area contributed by atoms with Crippen LogP contribution in [0.3, 0.4) is 0 Å². The summed E-state index contributed by atoms with van der Waals surface area (Å²) in [6, 6.07) is 8.89. The molecule has 262 valence electrons. The summed E-state index contributed by atoms with van der Waals surface area (Å²) in [5.41, 5.74) is -2.71. The molecule has 0 amide bonds. The number of aliphatic hydroxyl groups excluding tert-OH is 2. The number of ketones is 2. The fraction of sp³-hybridized carbons (Fsp3) is 0.0345. The molecule has 1 aromatic heterocycles. The Hall–Kier alpha value is -4.56. The molecule has 4 aromatic carbocycles. The fourth-order valence-electron chi connectivity index (χ4n) is 6.17. The van der Waals surface area contributed by atoms with E-state index in [0.717, 1.165) is 28.8 Å². The number of aliphatic hydroxyl groups is 2. The SMILES string of the molecule is C[n+]1c2c(S(=O)(=O)O)cc3c(c2nc2c(SOOO)cc4c(c21)C(=O)c1cc(S(=O)(=O)O)ccc1C=4O)C(=O)c1cc(SOOO)ccc1C=3O. The van der Waals surface area contributed by atoms with Gasteiger partial charge in [0.1, 0.15) is 29.6 Å². The zero-order chi connectivity index (χ0) is 36.7. The highest BCUT2D eigenvalue weighted by Gasteiger charge is 2.38. The van der Waals surface area contributed by atoms with E-state index in [1.54, 1.807) is 0 Å². The summed E-state index contributed by atoms with van der Waals surface area (Å²) in [6.45, 7) is 0. The van der Waals surface area contributed by atoms with Crippen LogP contribution in [0.25, 0.3) is 33.6 Å². The molecule has 2 aliphatic carbocycles. The van der Waals surface area contributed by atoms with Crippen LogP contribution in [-0.4, -0.2) is 63.2 Å². The molecule has 6 N–H and O–H groups in total. The van der Waals surface area contributed by atoms with E-state index in [4.69, 9.17) is 10.5 Å². The Kier molecular flexibility index (Phi) is 8.40. The van der Waals surface area contributed by atoms with Crippen molar-refractivity contribution in [2.75, 3.05) is 0 Å². The van der Waals surface area contributed by atoms with E-state index >= 15 is 0 Å². The molecular weight excluding hydrogens is 761 g/mol. The maximum absolute atomic E-state index is 14.2. The predicted molar refractivity (Wildman–Crippen MR) is 171 cm³/mol. The smallest absolute Gasteiger partial charge is 0.301 e. The molecule has 18 nitrogen and oxygen atoms in total. The number of carbonyl (C=O) groups is 2. The summed E-state index contributed by atoms with van der Waals surface area (Å²) < 4.78 is 79.9. The monoisotopic (exact) mass is 777 g/mol. The van der Waals surface area contributed by atoms with Crippen molar-refractivity contribution >= 4 is 89.5 Å². The molecule has 0 unspecified atom stereocenters. The van der Waals surface area contributed by atoms with Gasteiger partial charge in [0.05, 0.1) is 39.4 Å². The van der Waals surface area contributed by atoms with Crippen LogP contribution in [0.5, 0.6) is 0 Å². The second-order valence-electron chi connectivity index (χ2n) is 10.8. The highest BCUT2D eigenvalue weighted by molar-refractivity contribution is 7.95. The maximum atomic E-state index is 14.2. The van der Waals surface area contributed by atoms with Gasteiger partial charge in [-0.1, -0.05) is 10.1 Å². The van der Waals surface area contributed by atoms with Crippen molar-refractivity contribution < 1.29 is 79.6 Å². The van der Waals surface area contributed by atoms with Crippen molar-refractivity contribution in [2.45, 2.75) is 19.6 Å². The second-order valence-corrected chi connectivity index (χ2v) is 15.2. The Bertz CT molecular complexity index is 2810. The van der Waals surface area contributed by atoms with Gasteiger partial charge in [0.25, 0.3) is 15.6 Å². The van der Waals surface area contributed by atoms with Crippen molar-refractivity contribution in [2.24, 2.45) is 7.05 Å². The number of hydrogen-bond acceptors (Lipinski definition) is 17. The highest BCUT2D eigenvalue weighted by atomic mass is 32.2. The Morgan fingerprint density at radius 3 is 1.90 bits per heavy atom. The first-order valence-corrected chi connectivity index (χ1v) is 18.1. The summed E-state index contributed by atoms with van der Waals surface area (Å²) >= 11 is 0.839. The molecular formula is C29H17N2O16S4+. The number of benzene rings is 4. The third-order valence-corrected chi connectivity index (χ3v) is 11.1. The average molecular weight is 778 g/mol. The first-order valence-electron chi connectivity index (χ1n) is 13.7. The first-order chi connectivity index (χ1) is 24.1. The minimum absolute atomic E-state index is 0.0362. The fourth-order valence-corrected chi connectivity index (χ4v) is 8.31. The molecule has 0 saturated heterocycles. The molecule has 2 aliphatic rings. The average Bonchev–Trinajstić information content (AvgIpc) is 3.09. The van der Waals surface area contributed by atoms with Gasteiger partial charge in [0.2, 0.25) is 11.3 Å². The van der Waals surface area contributed by atoms with Crippen molar-refractivity contribution in [1.82, 2.24) is 4.98 Å². The Morgan fingerprint density at radius 1 is 0.686 bits per heavy atom. The lowest BCUT2D eigenvalue weighted by atomic mass is 9.87. The normalized spacial score (nSPS) is 14.1. The third-order valence-electron chi connectivity index (χ3n) is 8.21. The predicted octanol–water partition coefficient (Wildman–Crippen LogP) is 2.08. The summed E-state index contributed by atoms with van der Waals surface area (Å²) in [5.74, 6) is -2.85. The molecule has 0 atom stereocenters. The van der Waals surface area contributed by atoms with E-state index < -0.39 is 64.1 Å². The van der Waals surface area contributed by atoms with Crippen LogP contribution >= 0.6 is 24.1 Å². The maximum Gasteiger partial charge on any atom is 0.301 e. The lowest BCUT2D eigenvalue weighted by Crippen LogP contribution is -2.39. The third kappa shape index (κ3) is 5.45. The number of carbonyl (C=O) groups excluding carboxylic acids is 2. The molecule has 0 radical (unpaired) electrons. The lowest BCUT2D eigenvalue weighted by molar-refractivity contribution is -0.619. The van der Waals surface area contributed by atoms with Crippen molar-refractivity contribution in [3.8, 4) is 0 Å². The van der Waals surface area contributed by atoms with Gasteiger partial charge in [-0.15, -0.1) is 8.67 Å². The topological polar surface area (TPSA) is 277 Å². The largest absolute Gasteiger partial charge is 0.507 e. The molecule has 0 fully saturated rings. The number of fused-ring (bicyclic) bond motifs is 8. The van der Waals surface area contributed by atoms with Gasteiger partial charge in [-0.25, -0.2) is 15.5 Å².